The van der Waals surface area contributed by atoms with Crippen LogP contribution >= 0.6 is 0 Å². The van der Waals surface area contributed by atoms with Crippen molar-refractivity contribution in [3.05, 3.63) is 69.8 Å². The van der Waals surface area contributed by atoms with E-state index in [-0.39, 0.29) is 34.6 Å². The van der Waals surface area contributed by atoms with E-state index >= 15 is 0 Å². The molecule has 1 saturated carbocycles. The molecule has 1 fully saturated rings. The molecule has 1 aliphatic carbocycles. The number of carbonyl (C=O) groups excluding carboxylic acids is 1. The van der Waals surface area contributed by atoms with Gasteiger partial charge in [-0.1, -0.05) is 36.8 Å². The number of benzene rings is 2. The Morgan fingerprint density at radius 1 is 1.03 bits per heavy atom. The standard InChI is InChI=1S/C21H22N6O3/c22-19-24-20(23)26(21(25-19)11-5-2-6-12-21)16-10-9-15(13-17(16)27(29)30)18(28)14-7-3-1-4-8-14/h1,3-4,7-10,13H,2,5-6,11-12H2,(H4,22,23,24,25). The average molecular weight is 406 g/mol. The third-order valence-corrected chi connectivity index (χ3v) is 5.56. The normalized spacial score (nSPS) is 17.9. The summed E-state index contributed by atoms with van der Waals surface area (Å²) >= 11 is 0. The molecule has 0 atom stereocenters. The summed E-state index contributed by atoms with van der Waals surface area (Å²) in [6, 6.07) is 13.0. The zero-order valence-corrected chi connectivity index (χ0v) is 16.3. The van der Waals surface area contributed by atoms with Crippen LogP contribution in [0.1, 0.15) is 48.0 Å². The lowest BCUT2D eigenvalue weighted by atomic mass is 9.87. The van der Waals surface area contributed by atoms with Gasteiger partial charge in [-0.05, 0) is 37.8 Å². The summed E-state index contributed by atoms with van der Waals surface area (Å²) < 4.78 is 0. The first-order chi connectivity index (χ1) is 14.4. The van der Waals surface area contributed by atoms with Gasteiger partial charge in [-0.25, -0.2) is 4.99 Å². The Bertz CT molecular complexity index is 1060. The fourth-order valence-corrected chi connectivity index (χ4v) is 4.23. The van der Waals surface area contributed by atoms with Gasteiger partial charge in [-0.15, -0.1) is 0 Å². The minimum atomic E-state index is -0.802. The van der Waals surface area contributed by atoms with Crippen molar-refractivity contribution in [2.45, 2.75) is 37.8 Å². The highest BCUT2D eigenvalue weighted by Gasteiger charge is 2.44. The van der Waals surface area contributed by atoms with Crippen molar-refractivity contribution in [2.24, 2.45) is 21.5 Å². The second-order valence-electron chi connectivity index (χ2n) is 7.47. The zero-order valence-electron chi connectivity index (χ0n) is 16.3. The van der Waals surface area contributed by atoms with Gasteiger partial charge in [-0.3, -0.25) is 19.8 Å². The van der Waals surface area contributed by atoms with E-state index in [9.17, 15) is 14.9 Å². The number of carbonyl (C=O) groups is 1. The Labute approximate surface area is 173 Å². The number of hydrogen-bond acceptors (Lipinski definition) is 8. The van der Waals surface area contributed by atoms with Crippen LogP contribution < -0.4 is 16.4 Å². The lowest BCUT2D eigenvalue weighted by molar-refractivity contribution is -0.384. The predicted molar refractivity (Wildman–Crippen MR) is 115 cm³/mol. The second-order valence-corrected chi connectivity index (χ2v) is 7.47. The highest BCUT2D eigenvalue weighted by Crippen LogP contribution is 2.42. The largest absolute Gasteiger partial charge is 0.369 e. The molecule has 154 valence electrons. The number of guanidine groups is 2. The third-order valence-electron chi connectivity index (χ3n) is 5.56. The van der Waals surface area contributed by atoms with Crippen LogP contribution in [0.2, 0.25) is 0 Å². The van der Waals surface area contributed by atoms with E-state index in [1.807, 2.05) is 0 Å². The highest BCUT2D eigenvalue weighted by atomic mass is 16.6. The van der Waals surface area contributed by atoms with Crippen molar-refractivity contribution in [3.63, 3.8) is 0 Å². The van der Waals surface area contributed by atoms with E-state index in [0.29, 0.717) is 18.4 Å². The van der Waals surface area contributed by atoms with E-state index in [1.54, 1.807) is 47.4 Å². The van der Waals surface area contributed by atoms with Crippen LogP contribution in [0, 0.1) is 10.1 Å². The molecule has 0 amide bonds. The van der Waals surface area contributed by atoms with E-state index in [4.69, 9.17) is 11.5 Å². The maximum atomic E-state index is 12.8. The van der Waals surface area contributed by atoms with Crippen molar-refractivity contribution < 1.29 is 9.72 Å². The Kier molecular flexibility index (Phi) is 4.94. The summed E-state index contributed by atoms with van der Waals surface area (Å²) in [5.74, 6) is -0.154. The average Bonchev–Trinajstić information content (AvgIpc) is 2.74. The molecule has 1 aliphatic heterocycles. The predicted octanol–water partition coefficient (Wildman–Crippen LogP) is 2.94. The molecular formula is C21H22N6O3. The molecule has 0 saturated heterocycles. The van der Waals surface area contributed by atoms with Gasteiger partial charge in [0.25, 0.3) is 5.69 Å². The summed E-state index contributed by atoms with van der Waals surface area (Å²) in [4.78, 5) is 34.4. The van der Waals surface area contributed by atoms with Crippen molar-refractivity contribution in [3.8, 4) is 0 Å². The lowest BCUT2D eigenvalue weighted by Gasteiger charge is -2.45. The molecule has 9 heteroatoms. The highest BCUT2D eigenvalue weighted by molar-refractivity contribution is 6.11. The monoisotopic (exact) mass is 406 g/mol. The van der Waals surface area contributed by atoms with Crippen LogP contribution in [0.25, 0.3) is 0 Å². The van der Waals surface area contributed by atoms with Crippen molar-refractivity contribution in [1.82, 2.24) is 0 Å². The third kappa shape index (κ3) is 3.38. The number of nitrogens with two attached hydrogens (primary N) is 2. The van der Waals surface area contributed by atoms with Gasteiger partial charge in [0.05, 0.1) is 4.92 Å². The van der Waals surface area contributed by atoms with Crippen LogP contribution in [-0.4, -0.2) is 28.3 Å². The lowest BCUT2D eigenvalue weighted by Crippen LogP contribution is -2.58. The number of hydrogen-bond donors (Lipinski definition) is 2. The summed E-state index contributed by atoms with van der Waals surface area (Å²) in [5.41, 5.74) is 12.0. The minimum absolute atomic E-state index is 0.0645. The molecule has 4 N–H and O–H groups in total. The summed E-state index contributed by atoms with van der Waals surface area (Å²) in [5, 5.41) is 11.9. The second kappa shape index (κ2) is 7.58. The van der Waals surface area contributed by atoms with Crippen LogP contribution in [0.15, 0.2) is 58.5 Å². The molecule has 2 aliphatic rings. The van der Waals surface area contributed by atoms with Crippen molar-refractivity contribution in [2.75, 3.05) is 4.90 Å². The summed E-state index contributed by atoms with van der Waals surface area (Å²) in [7, 11) is 0. The van der Waals surface area contributed by atoms with Gasteiger partial charge >= 0.3 is 0 Å². The van der Waals surface area contributed by atoms with E-state index in [1.165, 1.54) is 6.07 Å². The molecule has 1 heterocycles. The molecule has 0 aromatic heterocycles. The van der Waals surface area contributed by atoms with Gasteiger partial charge in [0.2, 0.25) is 11.9 Å². The molecule has 0 unspecified atom stereocenters. The molecule has 0 radical (unpaired) electrons. The Balaban J connectivity index is 1.81. The van der Waals surface area contributed by atoms with Gasteiger partial charge in [-0.2, -0.15) is 4.99 Å². The molecular weight excluding hydrogens is 384 g/mol. The van der Waals surface area contributed by atoms with Crippen LogP contribution in [0.3, 0.4) is 0 Å². The molecule has 9 nitrogen and oxygen atoms in total. The Hall–Kier alpha value is -3.75. The SMILES string of the molecule is NC1=NC2(CCCCC2)N(c2ccc(C(=O)c3ccccc3)cc2[N+](=O)[O-])C(N)=N1. The number of ketones is 1. The number of anilines is 1. The van der Waals surface area contributed by atoms with Crippen LogP contribution in [0.5, 0.6) is 0 Å². The smallest absolute Gasteiger partial charge is 0.293 e. The number of rotatable bonds is 4. The van der Waals surface area contributed by atoms with E-state index in [2.05, 4.69) is 9.98 Å². The first-order valence-electron chi connectivity index (χ1n) is 9.79. The number of nitro groups is 1. The molecule has 2 aromatic rings. The fraction of sp³-hybridized carbons (Fsp3) is 0.286. The molecule has 2 aromatic carbocycles. The quantitative estimate of drug-likeness (QED) is 0.454. The minimum Gasteiger partial charge on any atom is -0.369 e. The first kappa shape index (κ1) is 19.6. The van der Waals surface area contributed by atoms with Crippen LogP contribution in [0.4, 0.5) is 11.4 Å². The van der Waals surface area contributed by atoms with Gasteiger partial charge < -0.3 is 11.5 Å². The number of nitro benzene ring substituents is 1. The van der Waals surface area contributed by atoms with E-state index in [0.717, 1.165) is 19.3 Å². The van der Waals surface area contributed by atoms with Crippen LogP contribution in [-0.2, 0) is 0 Å². The molecule has 0 bridgehead atoms. The van der Waals surface area contributed by atoms with Crippen molar-refractivity contribution >= 4 is 29.1 Å². The first-order valence-corrected chi connectivity index (χ1v) is 9.79. The summed E-state index contributed by atoms with van der Waals surface area (Å²) in [6.07, 6.45) is 4.17. The van der Waals surface area contributed by atoms with Crippen molar-refractivity contribution in [1.29, 1.82) is 0 Å². The molecule has 1 spiro atoms. The maximum absolute atomic E-state index is 12.8. The summed E-state index contributed by atoms with van der Waals surface area (Å²) in [6.45, 7) is 0. The number of nitrogens with zero attached hydrogens (tertiary/aromatic N) is 4. The zero-order chi connectivity index (χ0) is 21.3. The van der Waals surface area contributed by atoms with Gasteiger partial charge in [0, 0.05) is 17.2 Å². The maximum Gasteiger partial charge on any atom is 0.293 e. The van der Waals surface area contributed by atoms with E-state index < -0.39 is 10.6 Å². The topological polar surface area (TPSA) is 140 Å². The van der Waals surface area contributed by atoms with Gasteiger partial charge in [0.1, 0.15) is 11.4 Å². The molecule has 4 rings (SSSR count). The Morgan fingerprint density at radius 3 is 2.40 bits per heavy atom. The number of aliphatic imine (C=N–C) groups is 2. The fourth-order valence-electron chi connectivity index (χ4n) is 4.23. The van der Waals surface area contributed by atoms with Gasteiger partial charge in [0.15, 0.2) is 5.78 Å². The Morgan fingerprint density at radius 2 is 1.73 bits per heavy atom. The molecule has 30 heavy (non-hydrogen) atoms.